The Bertz CT molecular complexity index is 845. The number of oxime groups is 1. The van der Waals surface area contributed by atoms with E-state index in [4.69, 9.17) is 4.84 Å². The first-order valence-corrected chi connectivity index (χ1v) is 12.2. The van der Waals surface area contributed by atoms with E-state index in [0.29, 0.717) is 11.7 Å². The molecule has 162 valence electrons. The number of benzene rings is 1. The number of carbonyl (C=O) groups excluding carboxylic acids is 1. The quantitative estimate of drug-likeness (QED) is 0.375. The van der Waals surface area contributed by atoms with E-state index >= 15 is 0 Å². The molecule has 3 aliphatic heterocycles. The summed E-state index contributed by atoms with van der Waals surface area (Å²) >= 11 is 3.64. The molecule has 0 aliphatic carbocycles. The van der Waals surface area contributed by atoms with E-state index in [1.807, 2.05) is 48.7 Å². The molecule has 1 aromatic carbocycles. The van der Waals surface area contributed by atoms with E-state index in [0.717, 1.165) is 43.0 Å². The molecule has 0 unspecified atom stereocenters. The van der Waals surface area contributed by atoms with Crippen LogP contribution in [-0.2, 0) is 9.63 Å². The maximum Gasteiger partial charge on any atom is 0.236 e. The monoisotopic (exact) mass is 447 g/mol. The Hall–Kier alpha value is -1.48. The summed E-state index contributed by atoms with van der Waals surface area (Å²) in [6.45, 7) is 6.73. The molecule has 1 amide bonds. The zero-order valence-corrected chi connectivity index (χ0v) is 19.3. The van der Waals surface area contributed by atoms with Crippen molar-refractivity contribution in [2.75, 3.05) is 26.7 Å². The molecule has 1 N–H and O–H groups in total. The minimum absolute atomic E-state index is 0.0750. The first kappa shape index (κ1) is 21.7. The number of aliphatic hydroxyl groups is 1. The van der Waals surface area contributed by atoms with E-state index < -0.39 is 6.10 Å². The van der Waals surface area contributed by atoms with Gasteiger partial charge >= 0.3 is 0 Å². The van der Waals surface area contributed by atoms with Crippen molar-refractivity contribution in [2.24, 2.45) is 11.1 Å². The van der Waals surface area contributed by atoms with Crippen molar-refractivity contribution in [3.8, 4) is 0 Å². The molecule has 0 saturated carbocycles. The Morgan fingerprint density at radius 3 is 2.87 bits per heavy atom. The predicted octanol–water partition coefficient (Wildman–Crippen LogP) is 3.34. The fourth-order valence-corrected chi connectivity index (χ4v) is 7.60. The third kappa shape index (κ3) is 4.15. The maximum absolute atomic E-state index is 12.5. The van der Waals surface area contributed by atoms with E-state index in [1.165, 1.54) is 4.24 Å². The van der Waals surface area contributed by atoms with Crippen molar-refractivity contribution >= 4 is 35.1 Å². The first-order chi connectivity index (χ1) is 14.5. The average Bonchev–Trinajstić information content (AvgIpc) is 3.30. The summed E-state index contributed by atoms with van der Waals surface area (Å²) in [5, 5.41) is 15.0. The van der Waals surface area contributed by atoms with Crippen LogP contribution in [0.4, 0.5) is 0 Å². The normalized spacial score (nSPS) is 28.0. The third-order valence-corrected chi connectivity index (χ3v) is 9.05. The zero-order valence-electron chi connectivity index (χ0n) is 17.7. The Labute approximate surface area is 186 Å². The number of aliphatic hydroxyl groups excluding tert-OH is 1. The topological polar surface area (TPSA) is 65.4 Å². The number of amides is 1. The number of allylic oxidation sites excluding steroid dienone is 1. The SMILES string of the molecule is CC[C@H](O)[C@@H]1C(=O)N2C(C)=C(S[C@H]3CCN(C/C(=N/OC)c4ccccc4)C3)S[C@H]12. The van der Waals surface area contributed by atoms with Gasteiger partial charge in [0, 0.05) is 29.6 Å². The largest absolute Gasteiger partial charge is 0.399 e. The van der Waals surface area contributed by atoms with E-state index in [2.05, 4.69) is 22.2 Å². The van der Waals surface area contributed by atoms with Crippen LogP contribution in [-0.4, -0.2) is 70.0 Å². The van der Waals surface area contributed by atoms with Gasteiger partial charge in [-0.1, -0.05) is 54.2 Å². The fourth-order valence-electron chi connectivity index (χ4n) is 4.30. The first-order valence-electron chi connectivity index (χ1n) is 10.5. The van der Waals surface area contributed by atoms with Gasteiger partial charge in [0.15, 0.2) is 0 Å². The highest BCUT2D eigenvalue weighted by Gasteiger charge is 2.55. The van der Waals surface area contributed by atoms with Crippen molar-refractivity contribution < 1.29 is 14.7 Å². The molecule has 0 radical (unpaired) electrons. The minimum atomic E-state index is -0.540. The van der Waals surface area contributed by atoms with Gasteiger partial charge < -0.3 is 14.8 Å². The Morgan fingerprint density at radius 1 is 1.40 bits per heavy atom. The highest BCUT2D eigenvalue weighted by Crippen LogP contribution is 2.55. The second-order valence-corrected chi connectivity index (χ2v) is 10.6. The Balaban J connectivity index is 1.35. The molecule has 4 rings (SSSR count). The summed E-state index contributed by atoms with van der Waals surface area (Å²) in [6, 6.07) is 10.2. The molecule has 6 nitrogen and oxygen atoms in total. The number of nitrogens with zero attached hydrogens (tertiary/aromatic N) is 3. The van der Waals surface area contributed by atoms with E-state index in [9.17, 15) is 9.90 Å². The highest BCUT2D eigenvalue weighted by molar-refractivity contribution is 8.23. The number of rotatable bonds is 8. The smallest absolute Gasteiger partial charge is 0.236 e. The lowest BCUT2D eigenvalue weighted by atomic mass is 9.90. The molecular weight excluding hydrogens is 418 g/mol. The van der Waals surface area contributed by atoms with Gasteiger partial charge in [0.05, 0.1) is 16.3 Å². The summed E-state index contributed by atoms with van der Waals surface area (Å²) in [5.41, 5.74) is 3.09. The standard InChI is InChI=1S/C22H29N3O3S2/c1-4-18(26)19-20(27)25-14(2)22(30-21(19)25)29-16-10-11-24(12-16)13-17(23-28-3)15-8-6-5-7-9-15/h5-9,16,18-19,21,26H,4,10-13H2,1-3H3/b23-17-/t16-,18-,19+,21+/m0/s1. The van der Waals surface area contributed by atoms with Crippen LogP contribution in [0.1, 0.15) is 32.3 Å². The van der Waals surface area contributed by atoms with Gasteiger partial charge in [-0.05, 0) is 26.3 Å². The van der Waals surface area contributed by atoms with Crippen LogP contribution in [0.3, 0.4) is 0 Å². The molecule has 0 aromatic heterocycles. The number of hydrogen-bond acceptors (Lipinski definition) is 7. The number of hydrogen-bond donors (Lipinski definition) is 1. The molecule has 8 heteroatoms. The molecule has 0 spiro atoms. The van der Waals surface area contributed by atoms with Crippen LogP contribution in [0, 0.1) is 5.92 Å². The second kappa shape index (κ2) is 9.34. The molecule has 4 atom stereocenters. The summed E-state index contributed by atoms with van der Waals surface area (Å²) in [5.74, 6) is -0.182. The van der Waals surface area contributed by atoms with Crippen molar-refractivity contribution in [1.82, 2.24) is 9.80 Å². The molecule has 3 heterocycles. The summed E-state index contributed by atoms with van der Waals surface area (Å²) in [7, 11) is 1.59. The lowest BCUT2D eigenvalue weighted by molar-refractivity contribution is -0.153. The highest BCUT2D eigenvalue weighted by atomic mass is 32.2. The molecular formula is C22H29N3O3S2. The lowest BCUT2D eigenvalue weighted by Gasteiger charge is -2.44. The molecule has 2 saturated heterocycles. The molecule has 0 bridgehead atoms. The molecule has 3 aliphatic rings. The van der Waals surface area contributed by atoms with Gasteiger partial charge in [-0.2, -0.15) is 0 Å². The minimum Gasteiger partial charge on any atom is -0.399 e. The average molecular weight is 448 g/mol. The van der Waals surface area contributed by atoms with Gasteiger partial charge in [-0.25, -0.2) is 0 Å². The summed E-state index contributed by atoms with van der Waals surface area (Å²) in [6.07, 6.45) is 1.19. The van der Waals surface area contributed by atoms with Crippen LogP contribution in [0.2, 0.25) is 0 Å². The molecule has 2 fully saturated rings. The third-order valence-electron chi connectivity index (χ3n) is 5.99. The second-order valence-electron chi connectivity index (χ2n) is 7.94. The number of likely N-dealkylation sites (tertiary alicyclic amines) is 1. The van der Waals surface area contributed by atoms with Crippen LogP contribution in [0.5, 0.6) is 0 Å². The van der Waals surface area contributed by atoms with Gasteiger partial charge in [0.1, 0.15) is 18.2 Å². The summed E-state index contributed by atoms with van der Waals surface area (Å²) in [4.78, 5) is 21.9. The summed E-state index contributed by atoms with van der Waals surface area (Å²) < 4.78 is 1.24. The molecule has 1 aromatic rings. The van der Waals surface area contributed by atoms with Crippen molar-refractivity contribution in [1.29, 1.82) is 0 Å². The van der Waals surface area contributed by atoms with Gasteiger partial charge in [-0.15, -0.1) is 11.8 Å². The van der Waals surface area contributed by atoms with E-state index in [-0.39, 0.29) is 17.2 Å². The van der Waals surface area contributed by atoms with Crippen LogP contribution >= 0.6 is 23.5 Å². The number of fused-ring (bicyclic) bond motifs is 1. The van der Waals surface area contributed by atoms with Crippen molar-refractivity contribution in [3.05, 3.63) is 45.8 Å². The van der Waals surface area contributed by atoms with Gasteiger partial charge in [-0.3, -0.25) is 9.69 Å². The van der Waals surface area contributed by atoms with Crippen LogP contribution < -0.4 is 0 Å². The van der Waals surface area contributed by atoms with Gasteiger partial charge in [0.2, 0.25) is 5.91 Å². The number of carbonyl (C=O) groups is 1. The molecule has 30 heavy (non-hydrogen) atoms. The van der Waals surface area contributed by atoms with Crippen molar-refractivity contribution in [2.45, 2.75) is 43.4 Å². The zero-order chi connectivity index (χ0) is 21.3. The van der Waals surface area contributed by atoms with Crippen LogP contribution in [0.25, 0.3) is 0 Å². The fraction of sp³-hybridized carbons (Fsp3) is 0.545. The van der Waals surface area contributed by atoms with Crippen molar-refractivity contribution in [3.63, 3.8) is 0 Å². The number of β-lactam (4-membered cyclic amide) rings is 1. The predicted molar refractivity (Wildman–Crippen MR) is 123 cm³/mol. The Kier molecular flexibility index (Phi) is 6.77. The van der Waals surface area contributed by atoms with Crippen LogP contribution in [0.15, 0.2) is 45.4 Å². The maximum atomic E-state index is 12.5. The van der Waals surface area contributed by atoms with Gasteiger partial charge in [0.25, 0.3) is 0 Å². The Morgan fingerprint density at radius 2 is 2.17 bits per heavy atom. The number of thioether (sulfide) groups is 2. The van der Waals surface area contributed by atoms with E-state index in [1.54, 1.807) is 18.9 Å². The lowest BCUT2D eigenvalue weighted by Crippen LogP contribution is -2.60.